The van der Waals surface area contributed by atoms with Crippen LogP contribution in [-0.2, 0) is 4.79 Å². The lowest BCUT2D eigenvalue weighted by Crippen LogP contribution is -2.48. The molecule has 6 heteroatoms. The Balaban J connectivity index is 1.90. The highest BCUT2D eigenvalue weighted by molar-refractivity contribution is 7.80. The molecule has 1 amide bonds. The molecule has 1 aliphatic heterocycles. The van der Waals surface area contributed by atoms with E-state index in [9.17, 15) is 4.79 Å². The van der Waals surface area contributed by atoms with E-state index >= 15 is 0 Å². The Morgan fingerprint density at radius 1 is 1.24 bits per heavy atom. The molecular formula is C15H22N4OS. The number of carbonyl (C=O) groups excluding carboxylic acids is 1. The molecule has 21 heavy (non-hydrogen) atoms. The van der Waals surface area contributed by atoms with Crippen molar-refractivity contribution >= 4 is 34.6 Å². The number of amides is 1. The van der Waals surface area contributed by atoms with Crippen LogP contribution in [-0.4, -0.2) is 42.1 Å². The molecule has 0 saturated carbocycles. The van der Waals surface area contributed by atoms with Crippen LogP contribution in [0, 0.1) is 0 Å². The number of hydrogen-bond acceptors (Lipinski definition) is 3. The van der Waals surface area contributed by atoms with E-state index in [1.165, 1.54) is 0 Å². The second-order valence-corrected chi connectivity index (χ2v) is 5.59. The van der Waals surface area contributed by atoms with Crippen molar-refractivity contribution in [2.45, 2.75) is 19.8 Å². The zero-order chi connectivity index (χ0) is 15.2. The number of thiocarbonyl (C=S) groups is 1. The van der Waals surface area contributed by atoms with Crippen molar-refractivity contribution in [3.63, 3.8) is 0 Å². The van der Waals surface area contributed by atoms with Crippen LogP contribution in [0.2, 0.25) is 0 Å². The summed E-state index contributed by atoms with van der Waals surface area (Å²) in [6.07, 6.45) is 1.57. The minimum atomic E-state index is 0.269. The number of hydrogen-bond donors (Lipinski definition) is 2. The molecule has 0 atom stereocenters. The van der Waals surface area contributed by atoms with Crippen molar-refractivity contribution in [2.75, 3.05) is 36.4 Å². The molecule has 5 nitrogen and oxygen atoms in total. The van der Waals surface area contributed by atoms with E-state index in [1.54, 1.807) is 0 Å². The fraction of sp³-hybridized carbons (Fsp3) is 0.467. The number of piperazine rings is 1. The first-order valence-electron chi connectivity index (χ1n) is 7.29. The molecule has 1 saturated heterocycles. The average molecular weight is 306 g/mol. The molecule has 1 aromatic carbocycles. The van der Waals surface area contributed by atoms with Gasteiger partial charge in [-0.15, -0.1) is 0 Å². The summed E-state index contributed by atoms with van der Waals surface area (Å²) < 4.78 is 0. The zero-order valence-electron chi connectivity index (χ0n) is 12.3. The number of nitrogens with one attached hydrogen (secondary N) is 1. The van der Waals surface area contributed by atoms with E-state index in [-0.39, 0.29) is 11.0 Å². The quantitative estimate of drug-likeness (QED) is 0.831. The van der Waals surface area contributed by atoms with Crippen LogP contribution in [0.25, 0.3) is 0 Å². The third-order valence-corrected chi connectivity index (χ3v) is 3.70. The number of anilines is 2. The Morgan fingerprint density at radius 2 is 1.86 bits per heavy atom. The SMILES string of the molecule is CCCC(=O)N1CCN(c2ccc(NC(N)=S)cc2)CC1. The first-order chi connectivity index (χ1) is 10.1. The van der Waals surface area contributed by atoms with Crippen LogP contribution < -0.4 is 16.0 Å². The normalized spacial score (nSPS) is 14.9. The van der Waals surface area contributed by atoms with Crippen molar-refractivity contribution in [3.8, 4) is 0 Å². The summed E-state index contributed by atoms with van der Waals surface area (Å²) in [4.78, 5) is 16.1. The van der Waals surface area contributed by atoms with Gasteiger partial charge in [-0.1, -0.05) is 6.92 Å². The van der Waals surface area contributed by atoms with Crippen molar-refractivity contribution < 1.29 is 4.79 Å². The molecule has 0 aliphatic carbocycles. The third-order valence-electron chi connectivity index (χ3n) is 3.60. The van der Waals surface area contributed by atoms with E-state index in [2.05, 4.69) is 10.2 Å². The zero-order valence-corrected chi connectivity index (χ0v) is 13.2. The predicted octanol–water partition coefficient (Wildman–Crippen LogP) is 1.79. The Hall–Kier alpha value is -1.82. The number of rotatable bonds is 4. The van der Waals surface area contributed by atoms with Crippen LogP contribution in [0.4, 0.5) is 11.4 Å². The molecule has 0 spiro atoms. The maximum atomic E-state index is 11.9. The van der Waals surface area contributed by atoms with Gasteiger partial charge in [0.1, 0.15) is 0 Å². The molecule has 0 bridgehead atoms. The minimum Gasteiger partial charge on any atom is -0.376 e. The standard InChI is InChI=1S/C15H22N4OS/c1-2-3-14(20)19-10-8-18(9-11-19)13-6-4-12(5-7-13)17-15(16)21/h4-7H,2-3,8-11H2,1H3,(H3,16,17,21). The molecule has 0 radical (unpaired) electrons. The van der Waals surface area contributed by atoms with Crippen molar-refractivity contribution in [3.05, 3.63) is 24.3 Å². The van der Waals surface area contributed by atoms with Crippen LogP contribution in [0.1, 0.15) is 19.8 Å². The summed E-state index contributed by atoms with van der Waals surface area (Å²) in [6.45, 7) is 5.38. The topological polar surface area (TPSA) is 61.6 Å². The molecule has 1 aliphatic rings. The smallest absolute Gasteiger partial charge is 0.222 e. The lowest BCUT2D eigenvalue weighted by molar-refractivity contribution is -0.131. The van der Waals surface area contributed by atoms with E-state index in [0.717, 1.165) is 44.0 Å². The van der Waals surface area contributed by atoms with E-state index in [0.29, 0.717) is 6.42 Å². The van der Waals surface area contributed by atoms with Crippen LogP contribution in [0.5, 0.6) is 0 Å². The monoisotopic (exact) mass is 306 g/mol. The van der Waals surface area contributed by atoms with Gasteiger partial charge in [0.2, 0.25) is 5.91 Å². The Labute approximate surface area is 131 Å². The number of nitrogens with zero attached hydrogens (tertiary/aromatic N) is 2. The second-order valence-electron chi connectivity index (χ2n) is 5.15. The number of nitrogens with two attached hydrogens (primary N) is 1. The van der Waals surface area contributed by atoms with Gasteiger partial charge in [-0.2, -0.15) is 0 Å². The Bertz CT molecular complexity index is 495. The van der Waals surface area contributed by atoms with Gasteiger partial charge in [-0.3, -0.25) is 4.79 Å². The van der Waals surface area contributed by atoms with Gasteiger partial charge in [0.05, 0.1) is 0 Å². The van der Waals surface area contributed by atoms with Crippen LogP contribution >= 0.6 is 12.2 Å². The highest BCUT2D eigenvalue weighted by Gasteiger charge is 2.20. The summed E-state index contributed by atoms with van der Waals surface area (Å²) in [5.41, 5.74) is 7.50. The van der Waals surface area contributed by atoms with E-state index in [4.69, 9.17) is 18.0 Å². The minimum absolute atomic E-state index is 0.269. The molecule has 0 aromatic heterocycles. The van der Waals surface area contributed by atoms with Gasteiger partial charge in [-0.25, -0.2) is 0 Å². The number of benzene rings is 1. The highest BCUT2D eigenvalue weighted by Crippen LogP contribution is 2.19. The molecular weight excluding hydrogens is 284 g/mol. The summed E-state index contributed by atoms with van der Waals surface area (Å²) in [5.74, 6) is 0.271. The average Bonchev–Trinajstić information content (AvgIpc) is 2.48. The highest BCUT2D eigenvalue weighted by atomic mass is 32.1. The van der Waals surface area contributed by atoms with Gasteiger partial charge < -0.3 is 20.9 Å². The van der Waals surface area contributed by atoms with Gasteiger partial charge in [0.15, 0.2) is 5.11 Å². The first kappa shape index (κ1) is 15.6. The lowest BCUT2D eigenvalue weighted by atomic mass is 10.2. The Kier molecular flexibility index (Phi) is 5.38. The maximum absolute atomic E-state index is 11.9. The molecule has 1 fully saturated rings. The van der Waals surface area contributed by atoms with Crippen LogP contribution in [0.15, 0.2) is 24.3 Å². The molecule has 114 valence electrons. The van der Waals surface area contributed by atoms with E-state index in [1.807, 2.05) is 36.1 Å². The molecule has 0 unspecified atom stereocenters. The summed E-state index contributed by atoms with van der Waals surface area (Å²) >= 11 is 4.81. The first-order valence-corrected chi connectivity index (χ1v) is 7.70. The van der Waals surface area contributed by atoms with Crippen molar-refractivity contribution in [1.82, 2.24) is 4.90 Å². The summed E-state index contributed by atoms with van der Waals surface area (Å²) in [6, 6.07) is 8.01. The van der Waals surface area contributed by atoms with E-state index < -0.39 is 0 Å². The summed E-state index contributed by atoms with van der Waals surface area (Å²) in [5, 5.41) is 3.18. The van der Waals surface area contributed by atoms with Gasteiger partial charge in [0, 0.05) is 44.0 Å². The fourth-order valence-electron chi connectivity index (χ4n) is 2.48. The van der Waals surface area contributed by atoms with Gasteiger partial charge in [0.25, 0.3) is 0 Å². The van der Waals surface area contributed by atoms with Crippen molar-refractivity contribution in [2.24, 2.45) is 5.73 Å². The third kappa shape index (κ3) is 4.32. The molecule has 2 rings (SSSR count). The Morgan fingerprint density at radius 3 is 2.38 bits per heavy atom. The molecule has 3 N–H and O–H groups in total. The number of carbonyl (C=O) groups is 1. The summed E-state index contributed by atoms with van der Waals surface area (Å²) in [7, 11) is 0. The molecule has 1 aromatic rings. The van der Waals surface area contributed by atoms with Gasteiger partial charge in [-0.05, 0) is 42.9 Å². The van der Waals surface area contributed by atoms with Crippen molar-refractivity contribution in [1.29, 1.82) is 0 Å². The van der Waals surface area contributed by atoms with Gasteiger partial charge >= 0.3 is 0 Å². The fourth-order valence-corrected chi connectivity index (χ4v) is 2.60. The second kappa shape index (κ2) is 7.26. The molecule has 1 heterocycles. The largest absolute Gasteiger partial charge is 0.376 e. The lowest BCUT2D eigenvalue weighted by Gasteiger charge is -2.36. The maximum Gasteiger partial charge on any atom is 0.222 e. The van der Waals surface area contributed by atoms with Crippen LogP contribution in [0.3, 0.4) is 0 Å². The predicted molar refractivity (Wildman–Crippen MR) is 90.6 cm³/mol.